The molecular formula is C6H10N2. The SMILES string of the molecule is C=C/N=C\N1CC1C. The van der Waals surface area contributed by atoms with E-state index in [0.29, 0.717) is 6.04 Å². The molecule has 0 aliphatic carbocycles. The molecule has 1 saturated heterocycles. The Morgan fingerprint density at radius 3 is 2.88 bits per heavy atom. The van der Waals surface area contributed by atoms with Gasteiger partial charge in [0.25, 0.3) is 0 Å². The van der Waals surface area contributed by atoms with Crippen molar-refractivity contribution in [1.82, 2.24) is 4.90 Å². The highest BCUT2D eigenvalue weighted by molar-refractivity contribution is 5.59. The summed E-state index contributed by atoms with van der Waals surface area (Å²) in [7, 11) is 0. The van der Waals surface area contributed by atoms with E-state index in [1.807, 2.05) is 6.34 Å². The summed E-state index contributed by atoms with van der Waals surface area (Å²) in [5, 5.41) is 0. The lowest BCUT2D eigenvalue weighted by Crippen LogP contribution is -1.92. The molecule has 2 heteroatoms. The molecule has 0 aromatic heterocycles. The van der Waals surface area contributed by atoms with Gasteiger partial charge >= 0.3 is 0 Å². The quantitative estimate of drug-likeness (QED) is 0.292. The Balaban J connectivity index is 2.21. The number of aliphatic imine (C=N–C) groups is 1. The van der Waals surface area contributed by atoms with Gasteiger partial charge in [-0.3, -0.25) is 0 Å². The Bertz CT molecular complexity index is 118. The topological polar surface area (TPSA) is 15.4 Å². The molecule has 1 rings (SSSR count). The summed E-state index contributed by atoms with van der Waals surface area (Å²) in [6.07, 6.45) is 3.36. The molecule has 1 atom stereocenters. The van der Waals surface area contributed by atoms with E-state index in [4.69, 9.17) is 0 Å². The third-order valence-electron chi connectivity index (χ3n) is 1.23. The third kappa shape index (κ3) is 1.09. The largest absolute Gasteiger partial charge is 0.356 e. The highest BCUT2D eigenvalue weighted by Crippen LogP contribution is 2.11. The lowest BCUT2D eigenvalue weighted by Gasteiger charge is -1.85. The first-order valence-electron chi connectivity index (χ1n) is 2.74. The van der Waals surface area contributed by atoms with Gasteiger partial charge < -0.3 is 4.90 Å². The van der Waals surface area contributed by atoms with Crippen molar-refractivity contribution < 1.29 is 0 Å². The fraction of sp³-hybridized carbons (Fsp3) is 0.500. The third-order valence-corrected chi connectivity index (χ3v) is 1.23. The van der Waals surface area contributed by atoms with Crippen LogP contribution in [0.2, 0.25) is 0 Å². The zero-order chi connectivity index (χ0) is 5.98. The van der Waals surface area contributed by atoms with E-state index >= 15 is 0 Å². The number of hydrogen-bond donors (Lipinski definition) is 0. The van der Waals surface area contributed by atoms with E-state index in [1.54, 1.807) is 6.20 Å². The van der Waals surface area contributed by atoms with E-state index in [1.165, 1.54) is 0 Å². The van der Waals surface area contributed by atoms with Crippen LogP contribution in [-0.4, -0.2) is 23.8 Å². The van der Waals surface area contributed by atoms with Gasteiger partial charge in [-0.1, -0.05) is 6.58 Å². The number of rotatable bonds is 2. The highest BCUT2D eigenvalue weighted by atomic mass is 15.3. The fourth-order valence-electron chi connectivity index (χ4n) is 0.552. The molecule has 1 heterocycles. The zero-order valence-electron chi connectivity index (χ0n) is 5.04. The Hall–Kier alpha value is -0.790. The van der Waals surface area contributed by atoms with Crippen LogP contribution in [0.3, 0.4) is 0 Å². The molecule has 0 aromatic rings. The molecule has 0 bridgehead atoms. The van der Waals surface area contributed by atoms with Gasteiger partial charge in [0.2, 0.25) is 0 Å². The summed E-state index contributed by atoms with van der Waals surface area (Å²) in [6, 6.07) is 0.707. The van der Waals surface area contributed by atoms with Crippen LogP contribution in [0.15, 0.2) is 17.8 Å². The van der Waals surface area contributed by atoms with Crippen molar-refractivity contribution in [1.29, 1.82) is 0 Å². The van der Waals surface area contributed by atoms with Gasteiger partial charge in [-0.15, -0.1) is 0 Å². The first-order chi connectivity index (χ1) is 3.84. The molecule has 8 heavy (non-hydrogen) atoms. The van der Waals surface area contributed by atoms with Crippen LogP contribution in [0.1, 0.15) is 6.92 Å². The van der Waals surface area contributed by atoms with Crippen molar-refractivity contribution in [2.24, 2.45) is 4.99 Å². The van der Waals surface area contributed by atoms with Gasteiger partial charge in [0.05, 0.1) is 6.34 Å². The second-order valence-electron chi connectivity index (χ2n) is 1.99. The zero-order valence-corrected chi connectivity index (χ0v) is 5.04. The Morgan fingerprint density at radius 1 is 1.88 bits per heavy atom. The van der Waals surface area contributed by atoms with Crippen molar-refractivity contribution in [3.63, 3.8) is 0 Å². The highest BCUT2D eigenvalue weighted by Gasteiger charge is 2.24. The molecule has 0 spiro atoms. The standard InChI is InChI=1S/C6H10N2/c1-3-7-5-8-4-6(8)2/h3,5-6H,1,4H2,2H3/b7-5-. The predicted molar refractivity (Wildman–Crippen MR) is 34.9 cm³/mol. The van der Waals surface area contributed by atoms with Gasteiger partial charge in [0, 0.05) is 18.8 Å². The second kappa shape index (κ2) is 1.99. The second-order valence-corrected chi connectivity index (χ2v) is 1.99. The van der Waals surface area contributed by atoms with Crippen LogP contribution in [0.5, 0.6) is 0 Å². The minimum atomic E-state index is 0.707. The summed E-state index contributed by atoms with van der Waals surface area (Å²) < 4.78 is 0. The first-order valence-corrected chi connectivity index (χ1v) is 2.74. The van der Waals surface area contributed by atoms with Gasteiger partial charge in [-0.05, 0) is 6.92 Å². The van der Waals surface area contributed by atoms with Crippen LogP contribution in [0, 0.1) is 0 Å². The smallest absolute Gasteiger partial charge is 0.0908 e. The normalized spacial score (nSPS) is 26.6. The minimum absolute atomic E-state index is 0.707. The molecule has 0 N–H and O–H groups in total. The summed E-state index contributed by atoms with van der Waals surface area (Å²) in [6.45, 7) is 6.77. The summed E-state index contributed by atoms with van der Waals surface area (Å²) in [5.74, 6) is 0. The number of nitrogens with zero attached hydrogens (tertiary/aromatic N) is 2. The van der Waals surface area contributed by atoms with E-state index in [9.17, 15) is 0 Å². The molecule has 1 aliphatic rings. The maximum atomic E-state index is 3.85. The van der Waals surface area contributed by atoms with E-state index in [2.05, 4.69) is 23.4 Å². The number of hydrogen-bond acceptors (Lipinski definition) is 1. The lowest BCUT2D eigenvalue weighted by molar-refractivity contribution is 0.787. The Labute approximate surface area is 49.5 Å². The minimum Gasteiger partial charge on any atom is -0.356 e. The molecular weight excluding hydrogens is 100 g/mol. The molecule has 0 amide bonds. The summed E-state index contributed by atoms with van der Waals surface area (Å²) >= 11 is 0. The molecule has 0 radical (unpaired) electrons. The molecule has 0 saturated carbocycles. The van der Waals surface area contributed by atoms with Crippen molar-refractivity contribution in [2.75, 3.05) is 6.54 Å². The van der Waals surface area contributed by atoms with Crippen molar-refractivity contribution in [3.8, 4) is 0 Å². The maximum Gasteiger partial charge on any atom is 0.0908 e. The fourth-order valence-corrected chi connectivity index (χ4v) is 0.552. The average molecular weight is 110 g/mol. The maximum absolute atomic E-state index is 3.85. The molecule has 1 aliphatic heterocycles. The lowest BCUT2D eigenvalue weighted by atomic mass is 10.6. The van der Waals surface area contributed by atoms with Crippen LogP contribution in [0.25, 0.3) is 0 Å². The average Bonchev–Trinajstić information content (AvgIpc) is 2.42. The molecule has 2 nitrogen and oxygen atoms in total. The Morgan fingerprint density at radius 2 is 2.50 bits per heavy atom. The molecule has 0 aromatic carbocycles. The van der Waals surface area contributed by atoms with Crippen molar-refractivity contribution >= 4 is 6.34 Å². The van der Waals surface area contributed by atoms with Gasteiger partial charge in [0.15, 0.2) is 0 Å². The van der Waals surface area contributed by atoms with Gasteiger partial charge in [-0.25, -0.2) is 4.99 Å². The monoisotopic (exact) mass is 110 g/mol. The van der Waals surface area contributed by atoms with Crippen LogP contribution >= 0.6 is 0 Å². The van der Waals surface area contributed by atoms with Crippen molar-refractivity contribution in [3.05, 3.63) is 12.8 Å². The predicted octanol–water partition coefficient (Wildman–Crippen LogP) is 0.862. The van der Waals surface area contributed by atoms with E-state index in [-0.39, 0.29) is 0 Å². The molecule has 1 unspecified atom stereocenters. The Kier molecular flexibility index (Phi) is 1.33. The van der Waals surface area contributed by atoms with Gasteiger partial charge in [-0.2, -0.15) is 0 Å². The van der Waals surface area contributed by atoms with E-state index in [0.717, 1.165) is 6.54 Å². The van der Waals surface area contributed by atoms with Crippen LogP contribution < -0.4 is 0 Å². The molecule has 1 fully saturated rings. The van der Waals surface area contributed by atoms with Crippen molar-refractivity contribution in [2.45, 2.75) is 13.0 Å². The van der Waals surface area contributed by atoms with Crippen LogP contribution in [0.4, 0.5) is 0 Å². The van der Waals surface area contributed by atoms with Gasteiger partial charge in [0.1, 0.15) is 0 Å². The first kappa shape index (κ1) is 5.35. The molecule has 44 valence electrons. The van der Waals surface area contributed by atoms with Crippen LogP contribution in [-0.2, 0) is 0 Å². The summed E-state index contributed by atoms with van der Waals surface area (Å²) in [4.78, 5) is 5.99. The van der Waals surface area contributed by atoms with E-state index < -0.39 is 0 Å². The summed E-state index contributed by atoms with van der Waals surface area (Å²) in [5.41, 5.74) is 0.